The minimum absolute atomic E-state index is 0.0364. The van der Waals surface area contributed by atoms with E-state index in [1.54, 1.807) is 0 Å². The van der Waals surface area contributed by atoms with Crippen LogP contribution in [-0.2, 0) is 25.3 Å². The molecule has 28 heavy (non-hydrogen) atoms. The topological polar surface area (TPSA) is 65.1 Å². The lowest BCUT2D eigenvalue weighted by Crippen LogP contribution is -2.46. The molecule has 1 aliphatic heterocycles. The van der Waals surface area contributed by atoms with E-state index in [-0.39, 0.29) is 23.7 Å². The predicted molar refractivity (Wildman–Crippen MR) is 110 cm³/mol. The first-order valence-corrected chi connectivity index (χ1v) is 12.6. The lowest BCUT2D eigenvalue weighted by Gasteiger charge is -2.39. The van der Waals surface area contributed by atoms with E-state index in [9.17, 15) is 9.59 Å². The van der Waals surface area contributed by atoms with Crippen LogP contribution in [0.5, 0.6) is 0 Å². The quantitative estimate of drug-likeness (QED) is 0.540. The number of nitrogens with zero attached hydrogens (tertiary/aromatic N) is 1. The first-order valence-electron chi connectivity index (χ1n) is 9.71. The molecule has 3 atom stereocenters. The van der Waals surface area contributed by atoms with Gasteiger partial charge in [-0.1, -0.05) is 58.0 Å². The summed E-state index contributed by atoms with van der Waals surface area (Å²) in [5.74, 6) is -0.614. The van der Waals surface area contributed by atoms with E-state index >= 15 is 0 Å². The molecule has 0 bridgehead atoms. The van der Waals surface area contributed by atoms with Crippen molar-refractivity contribution in [2.45, 2.75) is 64.6 Å². The monoisotopic (exact) mass is 407 g/mol. The molecule has 0 saturated carbocycles. The third kappa shape index (κ3) is 4.94. The summed E-state index contributed by atoms with van der Waals surface area (Å²) < 4.78 is 17.0. The third-order valence-electron chi connectivity index (χ3n) is 5.93. The van der Waals surface area contributed by atoms with Crippen molar-refractivity contribution in [3.05, 3.63) is 35.9 Å². The Labute approximate surface area is 169 Å². The van der Waals surface area contributed by atoms with Crippen LogP contribution < -0.4 is 0 Å². The van der Waals surface area contributed by atoms with Crippen LogP contribution in [0.1, 0.15) is 33.3 Å². The Morgan fingerprint density at radius 3 is 2.32 bits per heavy atom. The molecule has 156 valence electrons. The first kappa shape index (κ1) is 22.4. The van der Waals surface area contributed by atoms with E-state index in [2.05, 4.69) is 33.9 Å². The van der Waals surface area contributed by atoms with E-state index in [0.717, 1.165) is 5.56 Å². The van der Waals surface area contributed by atoms with E-state index in [0.29, 0.717) is 6.54 Å². The van der Waals surface area contributed by atoms with Gasteiger partial charge in [0.15, 0.2) is 8.32 Å². The molecule has 0 spiro atoms. The van der Waals surface area contributed by atoms with Gasteiger partial charge in [0.25, 0.3) is 0 Å². The van der Waals surface area contributed by atoms with Crippen molar-refractivity contribution in [2.75, 3.05) is 13.7 Å². The second kappa shape index (κ2) is 8.65. The molecule has 0 N–H and O–H groups in total. The number of hydrogen-bond donors (Lipinski definition) is 0. The number of carbonyl (C=O) groups is 2. The molecule has 0 aromatic heterocycles. The Bertz CT molecular complexity index is 686. The number of rotatable bonds is 5. The Morgan fingerprint density at radius 1 is 1.18 bits per heavy atom. The van der Waals surface area contributed by atoms with Crippen molar-refractivity contribution < 1.29 is 23.5 Å². The van der Waals surface area contributed by atoms with Crippen molar-refractivity contribution in [2.24, 2.45) is 5.92 Å². The molecule has 6 nitrogen and oxygen atoms in total. The van der Waals surface area contributed by atoms with Crippen molar-refractivity contribution in [3.63, 3.8) is 0 Å². The normalized spacial score (nSPS) is 22.8. The van der Waals surface area contributed by atoms with Gasteiger partial charge in [-0.05, 0) is 23.7 Å². The number of benzene rings is 1. The van der Waals surface area contributed by atoms with E-state index < -0.39 is 26.4 Å². The van der Waals surface area contributed by atoms with Gasteiger partial charge < -0.3 is 13.9 Å². The fourth-order valence-electron chi connectivity index (χ4n) is 3.11. The summed E-state index contributed by atoms with van der Waals surface area (Å²) in [6.45, 7) is 13.3. The molecular formula is C21H33NO5Si. The molecule has 0 radical (unpaired) electrons. The number of hydrogen-bond acceptors (Lipinski definition) is 5. The van der Waals surface area contributed by atoms with Crippen LogP contribution >= 0.6 is 0 Å². The molecule has 0 unspecified atom stereocenters. The Kier molecular flexibility index (Phi) is 6.93. The highest BCUT2D eigenvalue weighted by molar-refractivity contribution is 6.74. The molecule has 1 aromatic rings. The van der Waals surface area contributed by atoms with Crippen LogP contribution in [0.3, 0.4) is 0 Å². The third-order valence-corrected chi connectivity index (χ3v) is 10.4. The van der Waals surface area contributed by atoms with Gasteiger partial charge in [-0.15, -0.1) is 0 Å². The molecule has 1 heterocycles. The van der Waals surface area contributed by atoms with Gasteiger partial charge in [0.05, 0.1) is 19.8 Å². The van der Waals surface area contributed by atoms with Crippen molar-refractivity contribution in [1.29, 1.82) is 0 Å². The molecule has 0 aliphatic carbocycles. The fraction of sp³-hybridized carbons (Fsp3) is 0.619. The molecule has 1 saturated heterocycles. The highest BCUT2D eigenvalue weighted by atomic mass is 28.4. The van der Waals surface area contributed by atoms with E-state index in [4.69, 9.17) is 13.9 Å². The number of ether oxygens (including phenoxy) is 2. The van der Waals surface area contributed by atoms with Crippen molar-refractivity contribution in [3.8, 4) is 0 Å². The first-order chi connectivity index (χ1) is 13.0. The second-order valence-electron chi connectivity index (χ2n) is 8.94. The number of esters is 1. The minimum Gasteiger partial charge on any atom is -0.467 e. The van der Waals surface area contributed by atoms with Crippen LogP contribution in [-0.4, -0.2) is 51.1 Å². The second-order valence-corrected chi connectivity index (χ2v) is 13.7. The zero-order valence-electron chi connectivity index (χ0n) is 18.0. The summed E-state index contributed by atoms with van der Waals surface area (Å²) >= 11 is 0. The minimum atomic E-state index is -2.05. The molecule has 1 aromatic carbocycles. The number of carbonyl (C=O) groups excluding carboxylic acids is 2. The van der Waals surface area contributed by atoms with Crippen LogP contribution in [0.4, 0.5) is 4.79 Å². The van der Waals surface area contributed by atoms with Crippen LogP contribution in [0, 0.1) is 5.92 Å². The van der Waals surface area contributed by atoms with Crippen LogP contribution in [0.2, 0.25) is 18.1 Å². The fourth-order valence-corrected chi connectivity index (χ4v) is 4.51. The zero-order valence-corrected chi connectivity index (χ0v) is 19.0. The SMILES string of the molecule is COC(=O)[C@H]1[C@H](C)[C@@H](O[Si](C)(C)C(C)(C)C)CN1C(=O)OCc1ccccc1. The van der Waals surface area contributed by atoms with Gasteiger partial charge in [-0.3, -0.25) is 4.90 Å². The number of amides is 1. The maximum absolute atomic E-state index is 12.8. The number of methoxy groups -OCH3 is 1. The summed E-state index contributed by atoms with van der Waals surface area (Å²) in [6, 6.07) is 8.76. The zero-order chi connectivity index (χ0) is 21.1. The summed E-state index contributed by atoms with van der Waals surface area (Å²) in [7, 11) is -0.715. The van der Waals surface area contributed by atoms with E-state index in [1.807, 2.05) is 37.3 Å². The Hall–Kier alpha value is -1.86. The molecule has 1 fully saturated rings. The maximum atomic E-state index is 12.8. The lowest BCUT2D eigenvalue weighted by atomic mass is 10.0. The molecule has 1 aliphatic rings. The molecular weight excluding hydrogens is 374 g/mol. The molecule has 7 heteroatoms. The summed E-state index contributed by atoms with van der Waals surface area (Å²) in [5, 5.41) is 0.0364. The van der Waals surface area contributed by atoms with Crippen LogP contribution in [0.25, 0.3) is 0 Å². The lowest BCUT2D eigenvalue weighted by molar-refractivity contribution is -0.146. The summed E-state index contributed by atoms with van der Waals surface area (Å²) in [6.07, 6.45) is -0.748. The molecule has 1 amide bonds. The van der Waals surface area contributed by atoms with Gasteiger partial charge in [0, 0.05) is 5.92 Å². The van der Waals surface area contributed by atoms with Gasteiger partial charge in [-0.25, -0.2) is 9.59 Å². The number of likely N-dealkylation sites (tertiary alicyclic amines) is 1. The highest BCUT2D eigenvalue weighted by Gasteiger charge is 2.50. The van der Waals surface area contributed by atoms with Gasteiger partial charge >= 0.3 is 12.1 Å². The average molecular weight is 408 g/mol. The Balaban J connectivity index is 2.14. The maximum Gasteiger partial charge on any atom is 0.410 e. The van der Waals surface area contributed by atoms with Gasteiger partial charge in [0.2, 0.25) is 0 Å². The van der Waals surface area contributed by atoms with Gasteiger partial charge in [0.1, 0.15) is 12.6 Å². The van der Waals surface area contributed by atoms with E-state index in [1.165, 1.54) is 12.0 Å². The van der Waals surface area contributed by atoms with Gasteiger partial charge in [-0.2, -0.15) is 0 Å². The summed E-state index contributed by atoms with van der Waals surface area (Å²) in [4.78, 5) is 26.6. The van der Waals surface area contributed by atoms with Crippen molar-refractivity contribution in [1.82, 2.24) is 4.90 Å². The smallest absolute Gasteiger partial charge is 0.410 e. The largest absolute Gasteiger partial charge is 0.467 e. The summed E-state index contributed by atoms with van der Waals surface area (Å²) in [5.41, 5.74) is 0.895. The highest BCUT2D eigenvalue weighted by Crippen LogP contribution is 2.40. The van der Waals surface area contributed by atoms with Crippen LogP contribution in [0.15, 0.2) is 30.3 Å². The molecule has 2 rings (SSSR count). The van der Waals surface area contributed by atoms with Crippen molar-refractivity contribution >= 4 is 20.4 Å². The Morgan fingerprint density at radius 2 is 1.79 bits per heavy atom. The average Bonchev–Trinajstić information content (AvgIpc) is 2.95. The standard InChI is InChI=1S/C21H33NO5Si/c1-15-17(27-28(6,7)21(2,3)4)13-22(18(15)19(23)25-5)20(24)26-14-16-11-9-8-10-12-16/h8-12,15,17-18H,13-14H2,1-7H3/t15-,17+,18-/m1/s1. The predicted octanol–water partition coefficient (Wildman–Crippen LogP) is 4.21.